The predicted octanol–water partition coefficient (Wildman–Crippen LogP) is 2.10. The number of pyridine rings is 1. The number of benzene rings is 1. The van der Waals surface area contributed by atoms with Gasteiger partial charge >= 0.3 is 5.97 Å². The fourth-order valence-electron chi connectivity index (χ4n) is 5.15. The van der Waals surface area contributed by atoms with Gasteiger partial charge in [-0.25, -0.2) is 9.18 Å². The molecule has 1 aromatic carbocycles. The summed E-state index contributed by atoms with van der Waals surface area (Å²) in [6, 6.07) is 2.02. The van der Waals surface area contributed by atoms with Crippen LogP contribution in [0.1, 0.15) is 48.5 Å². The number of aromatic nitrogens is 1. The number of anilines is 1. The number of fused-ring (bicyclic) bond motifs is 1. The van der Waals surface area contributed by atoms with Crippen molar-refractivity contribution in [2.75, 3.05) is 38.2 Å². The maximum Gasteiger partial charge on any atom is 0.341 e. The Bertz CT molecular complexity index is 1110. The standard InChI is InChI=1S/C23H29FN4O4/c1-32-22-19-16(21(29)17(23(30)31)12-28(19)15-2-3-15)10-18(24)20(22)27-9-6-14(11-27)26-13-4-7-25-8-5-13/h10,12-15,25-26H,2-9,11H2,1H3,(H,30,31). The summed E-state index contributed by atoms with van der Waals surface area (Å²) in [6.45, 7) is 3.36. The van der Waals surface area contributed by atoms with Crippen LogP contribution in [0.4, 0.5) is 10.1 Å². The highest BCUT2D eigenvalue weighted by Gasteiger charge is 2.33. The Hall–Kier alpha value is -2.65. The second kappa shape index (κ2) is 8.37. The van der Waals surface area contributed by atoms with Gasteiger partial charge in [-0.2, -0.15) is 0 Å². The molecule has 9 heteroatoms. The van der Waals surface area contributed by atoms with E-state index in [4.69, 9.17) is 4.74 Å². The maximum atomic E-state index is 15.4. The van der Waals surface area contributed by atoms with Crippen LogP contribution in [-0.4, -0.2) is 61.0 Å². The number of carbonyl (C=O) groups is 1. The second-order valence-corrected chi connectivity index (χ2v) is 9.07. The second-order valence-electron chi connectivity index (χ2n) is 9.07. The molecule has 3 N–H and O–H groups in total. The smallest absolute Gasteiger partial charge is 0.341 e. The number of rotatable bonds is 6. The number of ether oxygens (including phenoxy) is 1. The third-order valence-electron chi connectivity index (χ3n) is 6.89. The molecule has 1 aliphatic carbocycles. The molecule has 1 saturated carbocycles. The maximum absolute atomic E-state index is 15.4. The van der Waals surface area contributed by atoms with E-state index < -0.39 is 17.2 Å². The molecule has 3 fully saturated rings. The molecular weight excluding hydrogens is 415 g/mol. The zero-order valence-corrected chi connectivity index (χ0v) is 18.2. The van der Waals surface area contributed by atoms with E-state index in [9.17, 15) is 14.7 Å². The molecule has 2 saturated heterocycles. The summed E-state index contributed by atoms with van der Waals surface area (Å²) < 4.78 is 22.9. The van der Waals surface area contributed by atoms with E-state index in [1.54, 1.807) is 4.57 Å². The number of nitrogens with one attached hydrogen (secondary N) is 2. The van der Waals surface area contributed by atoms with Crippen molar-refractivity contribution in [3.63, 3.8) is 0 Å². The Kier molecular flexibility index (Phi) is 5.54. The third kappa shape index (κ3) is 3.73. The lowest BCUT2D eigenvalue weighted by atomic mass is 10.1. The molecule has 3 aliphatic rings. The molecule has 172 valence electrons. The lowest BCUT2D eigenvalue weighted by Crippen LogP contribution is -2.45. The largest absolute Gasteiger partial charge is 0.492 e. The van der Waals surface area contributed by atoms with Gasteiger partial charge < -0.3 is 29.9 Å². The first-order valence-corrected chi connectivity index (χ1v) is 11.4. The summed E-state index contributed by atoms with van der Waals surface area (Å²) in [5.74, 6) is -1.55. The summed E-state index contributed by atoms with van der Waals surface area (Å²) in [7, 11) is 1.48. The van der Waals surface area contributed by atoms with Crippen LogP contribution in [0.5, 0.6) is 5.75 Å². The molecule has 8 nitrogen and oxygen atoms in total. The Morgan fingerprint density at radius 1 is 1.22 bits per heavy atom. The summed E-state index contributed by atoms with van der Waals surface area (Å²) in [6.07, 6.45) is 6.24. The molecule has 3 heterocycles. The number of piperidine rings is 1. The summed E-state index contributed by atoms with van der Waals surface area (Å²) >= 11 is 0. The summed E-state index contributed by atoms with van der Waals surface area (Å²) in [4.78, 5) is 26.5. The van der Waals surface area contributed by atoms with Crippen molar-refractivity contribution in [1.82, 2.24) is 15.2 Å². The summed E-state index contributed by atoms with van der Waals surface area (Å²) in [5, 5.41) is 16.6. The molecule has 2 aromatic rings. The number of hydrogen-bond acceptors (Lipinski definition) is 6. The van der Waals surface area contributed by atoms with Crippen molar-refractivity contribution < 1.29 is 19.0 Å². The van der Waals surface area contributed by atoms with Gasteiger partial charge in [-0.1, -0.05) is 0 Å². The van der Waals surface area contributed by atoms with Gasteiger partial charge in [0.1, 0.15) is 11.3 Å². The van der Waals surface area contributed by atoms with Gasteiger partial charge in [0.15, 0.2) is 11.6 Å². The minimum atomic E-state index is -1.30. The molecule has 1 aromatic heterocycles. The van der Waals surface area contributed by atoms with Crippen molar-refractivity contribution in [1.29, 1.82) is 0 Å². The van der Waals surface area contributed by atoms with Gasteiger partial charge in [0, 0.05) is 37.4 Å². The number of nitrogens with zero attached hydrogens (tertiary/aromatic N) is 2. The third-order valence-corrected chi connectivity index (χ3v) is 6.89. The molecule has 1 atom stereocenters. The topological polar surface area (TPSA) is 95.8 Å². The van der Waals surface area contributed by atoms with Crippen LogP contribution in [0.15, 0.2) is 17.1 Å². The molecule has 1 unspecified atom stereocenters. The molecule has 5 rings (SSSR count). The van der Waals surface area contributed by atoms with Crippen LogP contribution in [0.2, 0.25) is 0 Å². The van der Waals surface area contributed by atoms with E-state index >= 15 is 4.39 Å². The molecular formula is C23H29FN4O4. The highest BCUT2D eigenvalue weighted by Crippen LogP contribution is 2.44. The molecule has 0 amide bonds. The van der Waals surface area contributed by atoms with Crippen LogP contribution in [0, 0.1) is 5.82 Å². The average Bonchev–Trinajstić information content (AvgIpc) is 3.53. The van der Waals surface area contributed by atoms with Crippen molar-refractivity contribution in [2.45, 2.75) is 50.2 Å². The van der Waals surface area contributed by atoms with Gasteiger partial charge in [0.2, 0.25) is 5.43 Å². The van der Waals surface area contributed by atoms with Gasteiger partial charge in [-0.05, 0) is 51.3 Å². The Labute approximate surface area is 185 Å². The first kappa shape index (κ1) is 21.2. The monoisotopic (exact) mass is 444 g/mol. The zero-order valence-electron chi connectivity index (χ0n) is 18.2. The summed E-state index contributed by atoms with van der Waals surface area (Å²) in [5.41, 5.74) is -0.186. The van der Waals surface area contributed by atoms with Crippen LogP contribution >= 0.6 is 0 Å². The average molecular weight is 445 g/mol. The SMILES string of the molecule is COc1c(N2CCC(NC3CCNCC3)C2)c(F)cc2c(=O)c(C(=O)O)cn(C3CC3)c12. The van der Waals surface area contributed by atoms with Crippen molar-refractivity contribution in [3.8, 4) is 5.75 Å². The first-order chi connectivity index (χ1) is 15.5. The van der Waals surface area contributed by atoms with Gasteiger partial charge in [-0.15, -0.1) is 0 Å². The van der Waals surface area contributed by atoms with Gasteiger partial charge in [0.25, 0.3) is 0 Å². The van der Waals surface area contributed by atoms with Crippen molar-refractivity contribution >= 4 is 22.6 Å². The van der Waals surface area contributed by atoms with E-state index in [1.807, 2.05) is 4.90 Å². The highest BCUT2D eigenvalue weighted by atomic mass is 19.1. The van der Waals surface area contributed by atoms with Gasteiger partial charge in [-0.3, -0.25) is 4.79 Å². The fraction of sp³-hybridized carbons (Fsp3) is 0.565. The van der Waals surface area contributed by atoms with E-state index in [0.29, 0.717) is 36.1 Å². The normalized spacial score (nSPS) is 21.9. The van der Waals surface area contributed by atoms with Crippen LogP contribution < -0.4 is 25.7 Å². The number of methoxy groups -OCH3 is 1. The zero-order chi connectivity index (χ0) is 22.4. The van der Waals surface area contributed by atoms with Crippen LogP contribution in [-0.2, 0) is 0 Å². The Balaban J connectivity index is 1.55. The van der Waals surface area contributed by atoms with Crippen LogP contribution in [0.25, 0.3) is 10.9 Å². The number of aromatic carboxylic acids is 1. The Morgan fingerprint density at radius 2 is 1.97 bits per heavy atom. The number of hydrogen-bond donors (Lipinski definition) is 3. The van der Waals surface area contributed by atoms with E-state index in [2.05, 4.69) is 10.6 Å². The fourth-order valence-corrected chi connectivity index (χ4v) is 5.15. The van der Waals surface area contributed by atoms with Gasteiger partial charge in [0.05, 0.1) is 18.0 Å². The molecule has 0 radical (unpaired) electrons. The minimum Gasteiger partial charge on any atom is -0.492 e. The minimum absolute atomic E-state index is 0.0541. The number of carboxylic acid groups (broad SMARTS) is 1. The van der Waals surface area contributed by atoms with Crippen molar-refractivity contribution in [3.05, 3.63) is 33.9 Å². The highest BCUT2D eigenvalue weighted by molar-refractivity contribution is 5.97. The van der Waals surface area contributed by atoms with E-state index in [0.717, 1.165) is 45.2 Å². The molecule has 0 spiro atoms. The predicted molar refractivity (Wildman–Crippen MR) is 120 cm³/mol. The van der Waals surface area contributed by atoms with E-state index in [-0.39, 0.29) is 23.0 Å². The number of carboxylic acids is 1. The Morgan fingerprint density at radius 3 is 2.62 bits per heavy atom. The van der Waals surface area contributed by atoms with Crippen molar-refractivity contribution in [2.24, 2.45) is 0 Å². The quantitative estimate of drug-likeness (QED) is 0.628. The molecule has 2 aliphatic heterocycles. The van der Waals surface area contributed by atoms with E-state index in [1.165, 1.54) is 19.4 Å². The number of halogens is 1. The first-order valence-electron chi connectivity index (χ1n) is 11.4. The lowest BCUT2D eigenvalue weighted by molar-refractivity contribution is 0.0695. The molecule has 0 bridgehead atoms. The van der Waals surface area contributed by atoms with Crippen LogP contribution in [0.3, 0.4) is 0 Å². The molecule has 32 heavy (non-hydrogen) atoms. The lowest BCUT2D eigenvalue weighted by Gasteiger charge is -2.28.